The van der Waals surface area contributed by atoms with Crippen molar-refractivity contribution in [2.75, 3.05) is 20.0 Å². The summed E-state index contributed by atoms with van der Waals surface area (Å²) >= 11 is 17.6. The number of benzene rings is 1. The van der Waals surface area contributed by atoms with Gasteiger partial charge in [-0.25, -0.2) is 10.4 Å². The zero-order valence-corrected chi connectivity index (χ0v) is 15.4. The fourth-order valence-corrected chi connectivity index (χ4v) is 2.43. The summed E-state index contributed by atoms with van der Waals surface area (Å²) in [6.07, 6.45) is 1.41. The number of hydrogen-bond donors (Lipinski definition) is 2. The van der Waals surface area contributed by atoms with Crippen molar-refractivity contribution in [2.24, 2.45) is 5.10 Å². The number of carbonyl (C=O) groups excluding carboxylic acids is 1. The number of anilines is 1. The Labute approximate surface area is 158 Å². The molecule has 2 rings (SSSR count). The van der Waals surface area contributed by atoms with Crippen molar-refractivity contribution in [1.29, 1.82) is 0 Å². The standard InChI is InChI=1S/C15H13Cl3N4O3/c1-24-8-4-3-7(5-9(8)25-2)6-20-22-15(23)13-10(16)12(19)11(17)14(18)21-13/h3-6H,1-2H3,(H2,19,21)(H,22,23)/b20-6-. The molecule has 3 N–H and O–H groups in total. The molecule has 10 heteroatoms. The van der Waals surface area contributed by atoms with Crippen LogP contribution >= 0.6 is 34.8 Å². The molecular formula is C15H13Cl3N4O3. The Morgan fingerprint density at radius 2 is 1.88 bits per heavy atom. The van der Waals surface area contributed by atoms with Gasteiger partial charge in [0.25, 0.3) is 5.91 Å². The van der Waals surface area contributed by atoms with Crippen LogP contribution in [0.2, 0.25) is 15.2 Å². The number of aromatic nitrogens is 1. The van der Waals surface area contributed by atoms with Crippen LogP contribution in [0, 0.1) is 0 Å². The zero-order chi connectivity index (χ0) is 18.6. The van der Waals surface area contributed by atoms with E-state index in [1.54, 1.807) is 18.2 Å². The highest BCUT2D eigenvalue weighted by Gasteiger charge is 2.19. The van der Waals surface area contributed by atoms with Gasteiger partial charge in [-0.05, 0) is 23.8 Å². The van der Waals surface area contributed by atoms with Gasteiger partial charge in [0.15, 0.2) is 22.3 Å². The molecule has 1 heterocycles. The summed E-state index contributed by atoms with van der Waals surface area (Å²) in [6, 6.07) is 5.14. The lowest BCUT2D eigenvalue weighted by Crippen LogP contribution is -2.20. The Hall–Kier alpha value is -2.22. The van der Waals surface area contributed by atoms with Gasteiger partial charge in [0.2, 0.25) is 0 Å². The quantitative estimate of drug-likeness (QED) is 0.453. The van der Waals surface area contributed by atoms with Gasteiger partial charge in [-0.1, -0.05) is 34.8 Å². The molecule has 1 aromatic heterocycles. The molecule has 0 aliphatic carbocycles. The van der Waals surface area contributed by atoms with E-state index in [1.807, 2.05) is 0 Å². The van der Waals surface area contributed by atoms with Crippen molar-refractivity contribution in [2.45, 2.75) is 0 Å². The van der Waals surface area contributed by atoms with E-state index in [-0.39, 0.29) is 26.6 Å². The van der Waals surface area contributed by atoms with Crippen LogP contribution in [0.5, 0.6) is 11.5 Å². The minimum Gasteiger partial charge on any atom is -0.493 e. The topological polar surface area (TPSA) is 98.8 Å². The van der Waals surface area contributed by atoms with Crippen molar-refractivity contribution in [3.63, 3.8) is 0 Å². The molecule has 0 spiro atoms. The number of hydrogen-bond acceptors (Lipinski definition) is 6. The normalized spacial score (nSPS) is 10.8. The molecule has 0 atom stereocenters. The molecular weight excluding hydrogens is 391 g/mol. The minimum atomic E-state index is -0.688. The SMILES string of the molecule is COc1ccc(/C=N\NC(=O)c2nc(Cl)c(Cl)c(N)c2Cl)cc1OC. The number of ether oxygens (including phenoxy) is 2. The Morgan fingerprint density at radius 1 is 1.20 bits per heavy atom. The first kappa shape index (κ1) is 19.1. The van der Waals surface area contributed by atoms with E-state index in [4.69, 9.17) is 50.0 Å². The lowest BCUT2D eigenvalue weighted by Gasteiger charge is -2.08. The molecule has 25 heavy (non-hydrogen) atoms. The summed E-state index contributed by atoms with van der Waals surface area (Å²) in [5, 5.41) is 3.59. The van der Waals surface area contributed by atoms with Crippen LogP contribution in [0.4, 0.5) is 5.69 Å². The van der Waals surface area contributed by atoms with E-state index < -0.39 is 5.91 Å². The minimum absolute atomic E-state index is 0.0166. The Bertz CT molecular complexity index is 843. The zero-order valence-electron chi connectivity index (χ0n) is 13.1. The molecule has 7 nitrogen and oxygen atoms in total. The smallest absolute Gasteiger partial charge is 0.291 e. The van der Waals surface area contributed by atoms with E-state index in [0.717, 1.165) is 0 Å². The number of amides is 1. The molecule has 1 aromatic carbocycles. The van der Waals surface area contributed by atoms with Crippen LogP contribution in [0.1, 0.15) is 16.1 Å². The number of nitrogens with one attached hydrogen (secondary N) is 1. The molecule has 132 valence electrons. The first-order valence-electron chi connectivity index (χ1n) is 6.74. The van der Waals surface area contributed by atoms with E-state index >= 15 is 0 Å². The highest BCUT2D eigenvalue weighted by molar-refractivity contribution is 6.46. The molecule has 0 aliphatic rings. The van der Waals surface area contributed by atoms with Gasteiger partial charge in [0.05, 0.1) is 31.1 Å². The lowest BCUT2D eigenvalue weighted by atomic mass is 10.2. The van der Waals surface area contributed by atoms with Crippen LogP contribution in [0.25, 0.3) is 0 Å². The molecule has 0 saturated carbocycles. The summed E-state index contributed by atoms with van der Waals surface area (Å²) in [5.74, 6) is 0.415. The second kappa shape index (κ2) is 8.24. The van der Waals surface area contributed by atoms with Gasteiger partial charge in [-0.15, -0.1) is 0 Å². The number of halogens is 3. The van der Waals surface area contributed by atoms with Crippen LogP contribution < -0.4 is 20.6 Å². The third kappa shape index (κ3) is 4.25. The molecule has 0 radical (unpaired) electrons. The molecule has 0 saturated heterocycles. The summed E-state index contributed by atoms with van der Waals surface area (Å²) in [7, 11) is 3.05. The molecule has 0 bridgehead atoms. The molecule has 0 fully saturated rings. The maximum absolute atomic E-state index is 12.1. The van der Waals surface area contributed by atoms with E-state index in [0.29, 0.717) is 17.1 Å². The predicted octanol–water partition coefficient (Wildman–Crippen LogP) is 3.41. The summed E-state index contributed by atoms with van der Waals surface area (Å²) in [5.41, 5.74) is 8.41. The van der Waals surface area contributed by atoms with E-state index in [2.05, 4.69) is 15.5 Å². The van der Waals surface area contributed by atoms with Gasteiger partial charge >= 0.3 is 0 Å². The summed E-state index contributed by atoms with van der Waals surface area (Å²) < 4.78 is 10.3. The molecule has 0 aliphatic heterocycles. The highest BCUT2D eigenvalue weighted by atomic mass is 35.5. The summed E-state index contributed by atoms with van der Waals surface area (Å²) in [6.45, 7) is 0. The number of methoxy groups -OCH3 is 2. The second-order valence-electron chi connectivity index (χ2n) is 4.61. The Balaban J connectivity index is 2.16. The van der Waals surface area contributed by atoms with E-state index in [1.165, 1.54) is 20.4 Å². The molecule has 1 amide bonds. The van der Waals surface area contributed by atoms with Crippen molar-refractivity contribution in [3.05, 3.63) is 44.7 Å². The van der Waals surface area contributed by atoms with Gasteiger partial charge in [-0.3, -0.25) is 4.79 Å². The predicted molar refractivity (Wildman–Crippen MR) is 98.3 cm³/mol. The second-order valence-corrected chi connectivity index (χ2v) is 5.72. The van der Waals surface area contributed by atoms with Crippen molar-refractivity contribution < 1.29 is 14.3 Å². The maximum atomic E-state index is 12.1. The Morgan fingerprint density at radius 3 is 2.52 bits per heavy atom. The summed E-state index contributed by atoms with van der Waals surface area (Å²) in [4.78, 5) is 15.9. The highest BCUT2D eigenvalue weighted by Crippen LogP contribution is 2.34. The first-order chi connectivity index (χ1) is 11.9. The number of nitrogen functional groups attached to an aromatic ring is 1. The largest absolute Gasteiger partial charge is 0.493 e. The van der Waals surface area contributed by atoms with Crippen LogP contribution in [0.3, 0.4) is 0 Å². The average Bonchev–Trinajstić information content (AvgIpc) is 2.62. The number of pyridine rings is 1. The van der Waals surface area contributed by atoms with Crippen molar-refractivity contribution in [1.82, 2.24) is 10.4 Å². The number of carbonyl (C=O) groups is 1. The third-order valence-electron chi connectivity index (χ3n) is 3.07. The first-order valence-corrected chi connectivity index (χ1v) is 7.87. The number of nitrogens with zero attached hydrogens (tertiary/aromatic N) is 2. The van der Waals surface area contributed by atoms with Crippen LogP contribution in [0.15, 0.2) is 23.3 Å². The van der Waals surface area contributed by atoms with Crippen LogP contribution in [-0.4, -0.2) is 31.3 Å². The van der Waals surface area contributed by atoms with Gasteiger partial charge < -0.3 is 15.2 Å². The number of rotatable bonds is 5. The van der Waals surface area contributed by atoms with Crippen LogP contribution in [-0.2, 0) is 0 Å². The monoisotopic (exact) mass is 402 g/mol. The number of hydrazone groups is 1. The van der Waals surface area contributed by atoms with E-state index in [9.17, 15) is 4.79 Å². The van der Waals surface area contributed by atoms with Gasteiger partial charge in [-0.2, -0.15) is 5.10 Å². The third-order valence-corrected chi connectivity index (χ3v) is 4.21. The van der Waals surface area contributed by atoms with Crippen molar-refractivity contribution in [3.8, 4) is 11.5 Å². The fraction of sp³-hybridized carbons (Fsp3) is 0.133. The fourth-order valence-electron chi connectivity index (χ4n) is 1.83. The molecule has 0 unspecified atom stereocenters. The number of nitrogens with two attached hydrogens (primary N) is 1. The molecule has 2 aromatic rings. The Kier molecular flexibility index (Phi) is 6.30. The van der Waals surface area contributed by atoms with Gasteiger partial charge in [0, 0.05) is 0 Å². The van der Waals surface area contributed by atoms with Crippen molar-refractivity contribution >= 4 is 52.6 Å². The lowest BCUT2D eigenvalue weighted by molar-refractivity contribution is 0.0950. The maximum Gasteiger partial charge on any atom is 0.291 e. The van der Waals surface area contributed by atoms with Gasteiger partial charge in [0.1, 0.15) is 5.02 Å². The average molecular weight is 404 g/mol.